The van der Waals surface area contributed by atoms with E-state index < -0.39 is 15.6 Å². The van der Waals surface area contributed by atoms with Crippen LogP contribution in [0.25, 0.3) is 0 Å². The Balaban J connectivity index is 0.00000676. The third-order valence-corrected chi connectivity index (χ3v) is 4.26. The van der Waals surface area contributed by atoms with E-state index >= 15 is 0 Å². The minimum absolute atomic E-state index is 0. The summed E-state index contributed by atoms with van der Waals surface area (Å²) < 4.78 is 36.5. The third-order valence-electron chi connectivity index (χ3n) is 3.34. The van der Waals surface area contributed by atoms with E-state index in [1.54, 1.807) is 28.0 Å². The number of ether oxygens (including phenoxy) is 2. The van der Waals surface area contributed by atoms with Gasteiger partial charge in [0, 0.05) is 19.1 Å². The molecule has 0 aliphatic carbocycles. The number of benzene rings is 1. The van der Waals surface area contributed by atoms with Crippen LogP contribution in [-0.4, -0.2) is 59.5 Å². The van der Waals surface area contributed by atoms with E-state index in [-0.39, 0.29) is 30.1 Å². The first-order valence-corrected chi connectivity index (χ1v) is 10.2. The average Bonchev–Trinajstić information content (AvgIpc) is 2.53. The van der Waals surface area contributed by atoms with Crippen LogP contribution in [0.4, 0.5) is 0 Å². The number of nitrogens with one attached hydrogen (secondary N) is 3. The SMILES string of the molecule is CN=C(NCC(C)Oc1ccccc1OC)NCC(C)(C)NS(C)(=O)=O.I. The maximum absolute atomic E-state index is 11.4. The number of aliphatic imine (C=N–C) groups is 1. The molecule has 0 radical (unpaired) electrons. The largest absolute Gasteiger partial charge is 0.493 e. The lowest BCUT2D eigenvalue weighted by molar-refractivity contribution is 0.213. The predicted molar refractivity (Wildman–Crippen MR) is 120 cm³/mol. The molecule has 0 aliphatic heterocycles. The van der Waals surface area contributed by atoms with Gasteiger partial charge in [0.15, 0.2) is 17.5 Å². The van der Waals surface area contributed by atoms with Gasteiger partial charge in [-0.15, -0.1) is 24.0 Å². The maximum Gasteiger partial charge on any atom is 0.209 e. The molecule has 0 heterocycles. The van der Waals surface area contributed by atoms with Gasteiger partial charge in [0.25, 0.3) is 0 Å². The topological polar surface area (TPSA) is 101 Å². The van der Waals surface area contributed by atoms with Gasteiger partial charge in [-0.3, -0.25) is 4.99 Å². The number of hydrogen-bond donors (Lipinski definition) is 3. The van der Waals surface area contributed by atoms with Crippen molar-refractivity contribution in [3.05, 3.63) is 24.3 Å². The first-order chi connectivity index (χ1) is 12.1. The first-order valence-electron chi connectivity index (χ1n) is 8.29. The zero-order chi connectivity index (χ0) is 19.8. The summed E-state index contributed by atoms with van der Waals surface area (Å²) >= 11 is 0. The molecule has 156 valence electrons. The van der Waals surface area contributed by atoms with Gasteiger partial charge in [0.2, 0.25) is 10.0 Å². The second-order valence-corrected chi connectivity index (χ2v) is 8.39. The lowest BCUT2D eigenvalue weighted by Gasteiger charge is -2.26. The summed E-state index contributed by atoms with van der Waals surface area (Å²) in [6, 6.07) is 7.45. The standard InChI is InChI=1S/C17H30N4O4S.HI/c1-13(25-15-10-8-7-9-14(15)24-5)11-19-16(18-4)20-12-17(2,3)21-26(6,22)23;/h7-10,13,21H,11-12H2,1-6H3,(H2,18,19,20);1H. The number of sulfonamides is 1. The van der Waals surface area contributed by atoms with Crippen molar-refractivity contribution in [3.8, 4) is 11.5 Å². The fraction of sp³-hybridized carbons (Fsp3) is 0.588. The van der Waals surface area contributed by atoms with E-state index in [1.807, 2.05) is 31.2 Å². The Kier molecular flexibility index (Phi) is 11.0. The van der Waals surface area contributed by atoms with Gasteiger partial charge in [-0.2, -0.15) is 0 Å². The van der Waals surface area contributed by atoms with Crippen LogP contribution in [-0.2, 0) is 10.0 Å². The molecule has 1 aromatic carbocycles. The minimum Gasteiger partial charge on any atom is -0.493 e. The van der Waals surface area contributed by atoms with Crippen molar-refractivity contribution >= 4 is 40.0 Å². The van der Waals surface area contributed by atoms with E-state index in [0.717, 1.165) is 6.26 Å². The second-order valence-electron chi connectivity index (χ2n) is 6.64. The van der Waals surface area contributed by atoms with Gasteiger partial charge in [-0.1, -0.05) is 12.1 Å². The lowest BCUT2D eigenvalue weighted by atomic mass is 10.1. The molecular formula is C17H31IN4O4S. The number of methoxy groups -OCH3 is 1. The van der Waals surface area contributed by atoms with Gasteiger partial charge in [-0.05, 0) is 32.9 Å². The van der Waals surface area contributed by atoms with Crippen molar-refractivity contribution in [3.63, 3.8) is 0 Å². The van der Waals surface area contributed by atoms with E-state index in [9.17, 15) is 8.42 Å². The highest BCUT2D eigenvalue weighted by Crippen LogP contribution is 2.26. The summed E-state index contributed by atoms with van der Waals surface area (Å²) in [7, 11) is -0.0343. The molecule has 1 aromatic rings. The Morgan fingerprint density at radius 1 is 1.22 bits per heavy atom. The molecule has 1 unspecified atom stereocenters. The molecular weight excluding hydrogens is 483 g/mol. The Labute approximate surface area is 179 Å². The molecule has 0 aromatic heterocycles. The molecule has 0 saturated heterocycles. The first kappa shape index (κ1) is 25.7. The van der Waals surface area contributed by atoms with Crippen LogP contribution in [0.1, 0.15) is 20.8 Å². The normalized spacial score (nSPS) is 13.3. The van der Waals surface area contributed by atoms with Gasteiger partial charge in [-0.25, -0.2) is 13.1 Å². The van der Waals surface area contributed by atoms with Crippen molar-refractivity contribution < 1.29 is 17.9 Å². The Morgan fingerprint density at radius 2 is 1.81 bits per heavy atom. The molecule has 27 heavy (non-hydrogen) atoms. The third kappa shape index (κ3) is 10.6. The molecule has 10 heteroatoms. The molecule has 8 nitrogen and oxygen atoms in total. The van der Waals surface area contributed by atoms with E-state index in [0.29, 0.717) is 30.5 Å². The molecule has 0 aliphatic rings. The van der Waals surface area contributed by atoms with E-state index in [4.69, 9.17) is 9.47 Å². The zero-order valence-electron chi connectivity index (χ0n) is 16.7. The van der Waals surface area contributed by atoms with Crippen LogP contribution in [0.3, 0.4) is 0 Å². The fourth-order valence-electron chi connectivity index (χ4n) is 2.28. The number of guanidine groups is 1. The summed E-state index contributed by atoms with van der Waals surface area (Å²) in [5.74, 6) is 1.91. The minimum atomic E-state index is -3.29. The summed E-state index contributed by atoms with van der Waals surface area (Å²) in [6.45, 7) is 6.41. The molecule has 1 atom stereocenters. The summed E-state index contributed by atoms with van der Waals surface area (Å²) in [4.78, 5) is 4.14. The van der Waals surface area contributed by atoms with Crippen molar-refractivity contribution in [2.24, 2.45) is 4.99 Å². The molecule has 0 amide bonds. The molecule has 0 saturated carbocycles. The lowest BCUT2D eigenvalue weighted by Crippen LogP contribution is -2.53. The molecule has 0 spiro atoms. The maximum atomic E-state index is 11.4. The quantitative estimate of drug-likeness (QED) is 0.263. The number of hydrogen-bond acceptors (Lipinski definition) is 5. The van der Waals surface area contributed by atoms with Crippen molar-refractivity contribution in [1.82, 2.24) is 15.4 Å². The molecule has 0 bridgehead atoms. The highest BCUT2D eigenvalue weighted by atomic mass is 127. The van der Waals surface area contributed by atoms with Crippen molar-refractivity contribution in [2.75, 3.05) is 33.5 Å². The van der Waals surface area contributed by atoms with Gasteiger partial charge in [0.05, 0.1) is 19.9 Å². The van der Waals surface area contributed by atoms with Crippen LogP contribution < -0.4 is 24.8 Å². The monoisotopic (exact) mass is 514 g/mol. The van der Waals surface area contributed by atoms with Crippen molar-refractivity contribution in [1.29, 1.82) is 0 Å². The van der Waals surface area contributed by atoms with Crippen LogP contribution in [0.5, 0.6) is 11.5 Å². The van der Waals surface area contributed by atoms with Crippen LogP contribution in [0.15, 0.2) is 29.3 Å². The van der Waals surface area contributed by atoms with E-state index in [1.165, 1.54) is 0 Å². The Bertz CT molecular complexity index is 711. The Morgan fingerprint density at radius 3 is 2.33 bits per heavy atom. The van der Waals surface area contributed by atoms with Crippen molar-refractivity contribution in [2.45, 2.75) is 32.4 Å². The summed E-state index contributed by atoms with van der Waals surface area (Å²) in [6.07, 6.45) is 1.01. The number of halogens is 1. The predicted octanol–water partition coefficient (Wildman–Crippen LogP) is 1.57. The number of para-hydroxylation sites is 2. The van der Waals surface area contributed by atoms with E-state index in [2.05, 4.69) is 20.3 Å². The highest BCUT2D eigenvalue weighted by molar-refractivity contribution is 14.0. The fourth-order valence-corrected chi connectivity index (χ4v) is 3.35. The summed E-state index contributed by atoms with van der Waals surface area (Å²) in [5.41, 5.74) is -0.648. The number of rotatable bonds is 9. The molecule has 3 N–H and O–H groups in total. The molecule has 0 fully saturated rings. The zero-order valence-corrected chi connectivity index (χ0v) is 19.8. The van der Waals surface area contributed by atoms with Gasteiger partial charge >= 0.3 is 0 Å². The van der Waals surface area contributed by atoms with Gasteiger partial charge < -0.3 is 20.1 Å². The number of nitrogens with zero attached hydrogens (tertiary/aromatic N) is 1. The van der Waals surface area contributed by atoms with Gasteiger partial charge in [0.1, 0.15) is 6.10 Å². The smallest absolute Gasteiger partial charge is 0.209 e. The molecule has 1 rings (SSSR count). The van der Waals surface area contributed by atoms with Crippen LogP contribution >= 0.6 is 24.0 Å². The average molecular weight is 514 g/mol. The van der Waals surface area contributed by atoms with Crippen LogP contribution in [0, 0.1) is 0 Å². The van der Waals surface area contributed by atoms with Crippen LogP contribution in [0.2, 0.25) is 0 Å². The second kappa shape index (κ2) is 11.5. The highest BCUT2D eigenvalue weighted by Gasteiger charge is 2.22. The summed E-state index contributed by atoms with van der Waals surface area (Å²) in [5, 5.41) is 6.26. The Hall–Kier alpha value is -1.27.